The first-order valence-corrected chi connectivity index (χ1v) is 1.84. The molecule has 0 aliphatic rings. The van der Waals surface area contributed by atoms with Gasteiger partial charge in [-0.15, -0.1) is 5.10 Å². The van der Waals surface area contributed by atoms with Crippen molar-refractivity contribution < 1.29 is 0 Å². The zero-order valence-corrected chi connectivity index (χ0v) is 3.70. The minimum atomic E-state index is 0.509. The second kappa shape index (κ2) is 1.22. The number of nitrogens with one attached hydrogen (secondary N) is 1. The Kier molecular flexibility index (Phi) is 0.719. The van der Waals surface area contributed by atoms with E-state index in [9.17, 15) is 0 Å². The molecule has 1 N–H and O–H groups in total. The number of aromatic amines is 1. The fourth-order valence-corrected chi connectivity index (χ4v) is 0.285. The van der Waals surface area contributed by atoms with Gasteiger partial charge in [0.05, 0.1) is 6.20 Å². The number of aromatic nitrogens is 3. The van der Waals surface area contributed by atoms with Crippen LogP contribution in [0.5, 0.6) is 0 Å². The SMILES string of the molecule is [S]c1c[nH]nn1. The van der Waals surface area contributed by atoms with Crippen LogP contribution in [0.4, 0.5) is 0 Å². The first-order valence-electron chi connectivity index (χ1n) is 1.43. The lowest BCUT2D eigenvalue weighted by Gasteiger charge is -1.57. The van der Waals surface area contributed by atoms with E-state index in [0.29, 0.717) is 5.03 Å². The highest BCUT2D eigenvalue weighted by Crippen LogP contribution is 1.90. The molecule has 1 radical (unpaired) electrons. The van der Waals surface area contributed by atoms with Crippen molar-refractivity contribution in [1.82, 2.24) is 15.4 Å². The van der Waals surface area contributed by atoms with Crippen molar-refractivity contribution >= 4 is 12.6 Å². The van der Waals surface area contributed by atoms with Gasteiger partial charge in [0.2, 0.25) is 0 Å². The first-order chi connectivity index (χ1) is 2.89. The molecule has 0 spiro atoms. The lowest BCUT2D eigenvalue weighted by molar-refractivity contribution is 0.912. The van der Waals surface area contributed by atoms with Crippen LogP contribution in [0.1, 0.15) is 0 Å². The molecule has 31 valence electrons. The minimum Gasteiger partial charge on any atom is -0.264 e. The minimum absolute atomic E-state index is 0.509. The maximum absolute atomic E-state index is 4.54. The van der Waals surface area contributed by atoms with E-state index in [1.165, 1.54) is 0 Å². The van der Waals surface area contributed by atoms with E-state index in [1.807, 2.05) is 0 Å². The summed E-state index contributed by atoms with van der Waals surface area (Å²) >= 11 is 4.54. The Morgan fingerprint density at radius 3 is 2.83 bits per heavy atom. The number of nitrogens with zero attached hydrogens (tertiary/aromatic N) is 2. The Balaban J connectivity index is 3.05. The van der Waals surface area contributed by atoms with Gasteiger partial charge in [0.15, 0.2) is 5.03 Å². The molecule has 6 heavy (non-hydrogen) atoms. The molecule has 1 aromatic rings. The number of H-pyrrole nitrogens is 1. The van der Waals surface area contributed by atoms with Gasteiger partial charge < -0.3 is 0 Å². The summed E-state index contributed by atoms with van der Waals surface area (Å²) in [6.45, 7) is 0. The van der Waals surface area contributed by atoms with Gasteiger partial charge in [-0.25, -0.2) is 0 Å². The van der Waals surface area contributed by atoms with Crippen LogP contribution >= 0.6 is 12.6 Å². The molecule has 4 heteroatoms. The van der Waals surface area contributed by atoms with Crippen molar-refractivity contribution in [2.75, 3.05) is 0 Å². The summed E-state index contributed by atoms with van der Waals surface area (Å²) in [5.41, 5.74) is 0. The second-order valence-corrected chi connectivity index (χ2v) is 1.23. The van der Waals surface area contributed by atoms with E-state index in [1.54, 1.807) is 6.20 Å². The van der Waals surface area contributed by atoms with E-state index in [2.05, 4.69) is 28.0 Å². The van der Waals surface area contributed by atoms with Gasteiger partial charge in [-0.3, -0.25) is 5.10 Å². The molecule has 0 bridgehead atoms. The van der Waals surface area contributed by atoms with Gasteiger partial charge in [0, 0.05) is 0 Å². The van der Waals surface area contributed by atoms with Crippen LogP contribution in [0.2, 0.25) is 0 Å². The quantitative estimate of drug-likeness (QED) is 0.511. The standard InChI is InChI=1S/C2H2N3S/c6-2-1-3-5-4-2/h1H,(H,3,4,5). The molecule has 1 aromatic heterocycles. The molecule has 1 rings (SSSR count). The van der Waals surface area contributed by atoms with Gasteiger partial charge in [0.1, 0.15) is 0 Å². The Hall–Kier alpha value is -0.640. The van der Waals surface area contributed by atoms with E-state index in [-0.39, 0.29) is 0 Å². The zero-order valence-electron chi connectivity index (χ0n) is 2.88. The van der Waals surface area contributed by atoms with Crippen molar-refractivity contribution in [2.45, 2.75) is 5.03 Å². The van der Waals surface area contributed by atoms with E-state index in [4.69, 9.17) is 0 Å². The summed E-state index contributed by atoms with van der Waals surface area (Å²) < 4.78 is 0. The summed E-state index contributed by atoms with van der Waals surface area (Å²) in [5, 5.41) is 9.74. The summed E-state index contributed by atoms with van der Waals surface area (Å²) in [5.74, 6) is 0. The number of rotatable bonds is 0. The van der Waals surface area contributed by atoms with E-state index < -0.39 is 0 Å². The zero-order chi connectivity index (χ0) is 4.41. The largest absolute Gasteiger partial charge is 0.264 e. The molecule has 0 atom stereocenters. The third kappa shape index (κ3) is 0.463. The molecule has 1 heterocycles. The smallest absolute Gasteiger partial charge is 0.168 e. The summed E-state index contributed by atoms with van der Waals surface area (Å²) in [6.07, 6.45) is 1.55. The van der Waals surface area contributed by atoms with Crippen LogP contribution in [0.3, 0.4) is 0 Å². The average Bonchev–Trinajstić information content (AvgIpc) is 1.86. The lowest BCUT2D eigenvalue weighted by atomic mass is 11.0. The van der Waals surface area contributed by atoms with E-state index in [0.717, 1.165) is 0 Å². The fraction of sp³-hybridized carbons (Fsp3) is 0. The van der Waals surface area contributed by atoms with Gasteiger partial charge in [-0.2, -0.15) is 0 Å². The lowest BCUT2D eigenvalue weighted by Crippen LogP contribution is -1.64. The molecule has 0 saturated heterocycles. The third-order valence-electron chi connectivity index (χ3n) is 0.394. The van der Waals surface area contributed by atoms with Crippen molar-refractivity contribution in [3.63, 3.8) is 0 Å². The molecule has 0 aliphatic carbocycles. The highest BCUT2D eigenvalue weighted by molar-refractivity contribution is 7.80. The van der Waals surface area contributed by atoms with Crippen LogP contribution in [0, 0.1) is 0 Å². The molecule has 0 aromatic carbocycles. The highest BCUT2D eigenvalue weighted by atomic mass is 32.1. The Bertz CT molecular complexity index is 112. The van der Waals surface area contributed by atoms with Crippen LogP contribution in [0.25, 0.3) is 0 Å². The molecular formula is C2H2N3S. The summed E-state index contributed by atoms with van der Waals surface area (Å²) in [4.78, 5) is 0. The van der Waals surface area contributed by atoms with Gasteiger partial charge in [-0.1, -0.05) is 17.8 Å². The fourth-order valence-electron chi connectivity index (χ4n) is 0.191. The second-order valence-electron chi connectivity index (χ2n) is 0.812. The van der Waals surface area contributed by atoms with Crippen LogP contribution in [0.15, 0.2) is 11.2 Å². The van der Waals surface area contributed by atoms with Gasteiger partial charge in [-0.05, 0) is 0 Å². The van der Waals surface area contributed by atoms with Crippen molar-refractivity contribution in [2.24, 2.45) is 0 Å². The van der Waals surface area contributed by atoms with Crippen LogP contribution in [-0.4, -0.2) is 15.4 Å². The molecular weight excluding hydrogens is 98.1 g/mol. The predicted molar refractivity (Wildman–Crippen MR) is 22.2 cm³/mol. The highest BCUT2D eigenvalue weighted by Gasteiger charge is 1.79. The topological polar surface area (TPSA) is 41.6 Å². The maximum atomic E-state index is 4.54. The van der Waals surface area contributed by atoms with Crippen molar-refractivity contribution in [3.05, 3.63) is 6.20 Å². The van der Waals surface area contributed by atoms with E-state index >= 15 is 0 Å². The monoisotopic (exact) mass is 100.0 g/mol. The molecule has 0 aliphatic heterocycles. The number of hydrogen-bond acceptors (Lipinski definition) is 2. The maximum Gasteiger partial charge on any atom is 0.168 e. The Labute approximate surface area is 40.2 Å². The Morgan fingerprint density at radius 2 is 2.67 bits per heavy atom. The number of hydrogen-bond donors (Lipinski definition) is 1. The molecule has 0 fully saturated rings. The Morgan fingerprint density at radius 1 is 1.83 bits per heavy atom. The molecule has 0 amide bonds. The van der Waals surface area contributed by atoms with Gasteiger partial charge >= 0.3 is 0 Å². The molecule has 3 nitrogen and oxygen atoms in total. The first kappa shape index (κ1) is 3.55. The summed E-state index contributed by atoms with van der Waals surface area (Å²) in [6, 6.07) is 0. The third-order valence-corrected chi connectivity index (χ3v) is 0.594. The van der Waals surface area contributed by atoms with Gasteiger partial charge in [0.25, 0.3) is 0 Å². The molecule has 0 unspecified atom stereocenters. The van der Waals surface area contributed by atoms with Crippen LogP contribution < -0.4 is 0 Å². The summed E-state index contributed by atoms with van der Waals surface area (Å²) in [7, 11) is 0. The molecule has 0 saturated carbocycles. The van der Waals surface area contributed by atoms with Crippen LogP contribution in [-0.2, 0) is 0 Å². The normalized spacial score (nSPS) is 8.67. The van der Waals surface area contributed by atoms with Crippen molar-refractivity contribution in [3.8, 4) is 0 Å². The van der Waals surface area contributed by atoms with Crippen molar-refractivity contribution in [1.29, 1.82) is 0 Å². The predicted octanol–water partition coefficient (Wildman–Crippen LogP) is 0.361. The average molecular weight is 100 g/mol.